The molecule has 0 saturated carbocycles. The summed E-state index contributed by atoms with van der Waals surface area (Å²) >= 11 is 0. The minimum absolute atomic E-state index is 0.0331. The Kier molecular flexibility index (Phi) is 11.0. The van der Waals surface area contributed by atoms with E-state index in [9.17, 15) is 20.2 Å². The second-order valence-electron chi connectivity index (χ2n) is 10.7. The first kappa shape index (κ1) is 31.8. The molecule has 234 valence electrons. The molecule has 0 aliphatic heterocycles. The summed E-state index contributed by atoms with van der Waals surface area (Å²) in [6.45, 7) is 3.22. The van der Waals surface area contributed by atoms with Gasteiger partial charge in [-0.25, -0.2) is 0 Å². The fraction of sp³-hybridized carbons (Fsp3) is 0.167. The number of hydrogen-bond acceptors (Lipinski definition) is 8. The maximum atomic E-state index is 10.8. The lowest BCUT2D eigenvalue weighted by Crippen LogP contribution is -2.17. The van der Waals surface area contributed by atoms with Gasteiger partial charge in [-0.15, -0.1) is 0 Å². The Balaban J connectivity index is 0.952. The zero-order valence-electron chi connectivity index (χ0n) is 25.1. The predicted molar refractivity (Wildman–Crippen MR) is 176 cm³/mol. The van der Waals surface area contributed by atoms with Crippen molar-refractivity contribution >= 4 is 11.4 Å². The zero-order valence-corrected chi connectivity index (χ0v) is 25.1. The van der Waals surface area contributed by atoms with Gasteiger partial charge in [0.25, 0.3) is 11.4 Å². The number of nitrogens with one attached hydrogen (secondary N) is 2. The smallest absolute Gasteiger partial charge is 0.269 e. The van der Waals surface area contributed by atoms with Gasteiger partial charge in [-0.1, -0.05) is 48.5 Å². The molecule has 0 heterocycles. The third kappa shape index (κ3) is 9.71. The zero-order chi connectivity index (χ0) is 32.1. The normalized spacial score (nSPS) is 10.8. The summed E-state index contributed by atoms with van der Waals surface area (Å²) in [5, 5.41) is 28.6. The molecular weight excluding hydrogens is 584 g/mol. The fourth-order valence-electron chi connectivity index (χ4n) is 4.70. The van der Waals surface area contributed by atoms with Crippen molar-refractivity contribution in [2.45, 2.75) is 25.9 Å². The average molecular weight is 619 g/mol. The maximum Gasteiger partial charge on any atom is 0.269 e. The number of nitro groups is 2. The maximum absolute atomic E-state index is 10.8. The van der Waals surface area contributed by atoms with Crippen LogP contribution in [0.25, 0.3) is 0 Å². The van der Waals surface area contributed by atoms with Gasteiger partial charge >= 0.3 is 0 Å². The van der Waals surface area contributed by atoms with Gasteiger partial charge in [0, 0.05) is 37.4 Å². The Morgan fingerprint density at radius 2 is 0.717 bits per heavy atom. The van der Waals surface area contributed by atoms with Crippen molar-refractivity contribution in [1.82, 2.24) is 10.6 Å². The highest BCUT2D eigenvalue weighted by Gasteiger charge is 2.07. The van der Waals surface area contributed by atoms with E-state index in [0.717, 1.165) is 50.1 Å². The van der Waals surface area contributed by atoms with Gasteiger partial charge in [-0.3, -0.25) is 20.2 Å². The highest BCUT2D eigenvalue weighted by molar-refractivity contribution is 5.40. The van der Waals surface area contributed by atoms with E-state index in [2.05, 4.69) is 34.9 Å². The summed E-state index contributed by atoms with van der Waals surface area (Å²) < 4.78 is 11.6. The van der Waals surface area contributed by atoms with Gasteiger partial charge in [0.15, 0.2) is 0 Å². The summed E-state index contributed by atoms with van der Waals surface area (Å²) in [5.74, 6) is 2.46. The van der Waals surface area contributed by atoms with E-state index < -0.39 is 9.85 Å². The number of benzene rings is 5. The molecule has 0 spiro atoms. The van der Waals surface area contributed by atoms with Crippen molar-refractivity contribution < 1.29 is 19.3 Å². The van der Waals surface area contributed by atoms with E-state index in [1.807, 2.05) is 48.5 Å². The van der Waals surface area contributed by atoms with Crippen LogP contribution in [0.5, 0.6) is 23.0 Å². The molecule has 0 fully saturated rings. The molecule has 0 aliphatic rings. The van der Waals surface area contributed by atoms with Crippen molar-refractivity contribution in [3.63, 3.8) is 0 Å². The van der Waals surface area contributed by atoms with Gasteiger partial charge in [-0.05, 0) is 96.7 Å². The monoisotopic (exact) mass is 618 g/mol. The molecule has 2 N–H and O–H groups in total. The predicted octanol–water partition coefficient (Wildman–Crippen LogP) is 7.75. The summed E-state index contributed by atoms with van der Waals surface area (Å²) in [6, 6.07) is 36.4. The highest BCUT2D eigenvalue weighted by Crippen LogP contribution is 2.25. The molecule has 10 nitrogen and oxygen atoms in total. The van der Waals surface area contributed by atoms with Crippen LogP contribution in [0.2, 0.25) is 0 Å². The lowest BCUT2D eigenvalue weighted by Gasteiger charge is -2.09. The number of nitrogens with zero attached hydrogens (tertiary/aromatic N) is 2. The molecule has 0 atom stereocenters. The summed E-state index contributed by atoms with van der Waals surface area (Å²) in [7, 11) is 0. The molecule has 10 heteroatoms. The summed E-state index contributed by atoms with van der Waals surface area (Å²) in [6.07, 6.45) is 1.87. The second-order valence-corrected chi connectivity index (χ2v) is 10.7. The first-order valence-electron chi connectivity index (χ1n) is 14.9. The first-order chi connectivity index (χ1) is 22.4. The quantitative estimate of drug-likeness (QED) is 0.0652. The summed E-state index contributed by atoms with van der Waals surface area (Å²) in [5.41, 5.74) is 4.92. The Bertz CT molecular complexity index is 1580. The number of nitro benzene ring substituents is 2. The van der Waals surface area contributed by atoms with Crippen LogP contribution in [0.15, 0.2) is 121 Å². The fourth-order valence-corrected chi connectivity index (χ4v) is 4.70. The minimum atomic E-state index is -0.433. The number of non-ortho nitro benzene ring substituents is 2. The van der Waals surface area contributed by atoms with Crippen molar-refractivity contribution in [3.05, 3.63) is 164 Å². The van der Waals surface area contributed by atoms with E-state index in [1.165, 1.54) is 35.4 Å². The molecule has 0 radical (unpaired) electrons. The van der Waals surface area contributed by atoms with Crippen LogP contribution in [-0.4, -0.2) is 22.9 Å². The lowest BCUT2D eigenvalue weighted by atomic mass is 10.1. The molecule has 5 rings (SSSR count). The third-order valence-corrected chi connectivity index (χ3v) is 7.28. The molecular formula is C36H34N4O6. The van der Waals surface area contributed by atoms with Crippen molar-refractivity contribution in [2.24, 2.45) is 0 Å². The average Bonchev–Trinajstić information content (AvgIpc) is 3.07. The van der Waals surface area contributed by atoms with Gasteiger partial charge in [0.2, 0.25) is 0 Å². The Morgan fingerprint density at radius 3 is 1.02 bits per heavy atom. The van der Waals surface area contributed by atoms with E-state index in [0.29, 0.717) is 23.0 Å². The van der Waals surface area contributed by atoms with Crippen molar-refractivity contribution in [3.8, 4) is 23.0 Å². The van der Waals surface area contributed by atoms with Crippen LogP contribution in [-0.2, 0) is 25.9 Å². The lowest BCUT2D eigenvalue weighted by molar-refractivity contribution is -0.385. The van der Waals surface area contributed by atoms with Crippen LogP contribution in [0.4, 0.5) is 11.4 Å². The van der Waals surface area contributed by atoms with Crippen LogP contribution < -0.4 is 20.1 Å². The molecule has 0 bridgehead atoms. The second kappa shape index (κ2) is 15.9. The van der Waals surface area contributed by atoms with E-state index >= 15 is 0 Å². The van der Waals surface area contributed by atoms with Gasteiger partial charge in [0.1, 0.15) is 23.0 Å². The number of ether oxygens (including phenoxy) is 2. The van der Waals surface area contributed by atoms with Gasteiger partial charge < -0.3 is 20.1 Å². The molecule has 0 aliphatic carbocycles. The third-order valence-electron chi connectivity index (χ3n) is 7.28. The number of hydrogen-bond donors (Lipinski definition) is 2. The molecule has 0 amide bonds. The standard InChI is InChI=1S/C36H34N4O6/c41-39(42)31-9-17-35(18-10-31)45-33-13-5-29(6-14-33)25-37-23-21-27-1-2-28(4-3-27)22-24-38-26-30-7-15-34(16-8-30)46-36-19-11-32(12-20-36)40(43)44/h1-20,37-38H,21-26H2. The first-order valence-corrected chi connectivity index (χ1v) is 14.9. The van der Waals surface area contributed by atoms with Crippen LogP contribution in [0.3, 0.4) is 0 Å². The SMILES string of the molecule is O=[N+]([O-])c1ccc(Oc2ccc(CNCCc3ccc(CCNCc4ccc(Oc5ccc([N+](=O)[O-])cc5)cc4)cc3)cc2)cc1. The Labute approximate surface area is 266 Å². The Morgan fingerprint density at radius 1 is 0.435 bits per heavy atom. The highest BCUT2D eigenvalue weighted by atomic mass is 16.6. The molecule has 0 aromatic heterocycles. The van der Waals surface area contributed by atoms with Crippen molar-refractivity contribution in [1.29, 1.82) is 0 Å². The molecule has 46 heavy (non-hydrogen) atoms. The van der Waals surface area contributed by atoms with Crippen molar-refractivity contribution in [2.75, 3.05) is 13.1 Å². The number of rotatable bonds is 16. The molecule has 5 aromatic carbocycles. The molecule has 5 aromatic rings. The Hall–Kier alpha value is -5.58. The van der Waals surface area contributed by atoms with Crippen LogP contribution in [0, 0.1) is 20.2 Å². The largest absolute Gasteiger partial charge is 0.457 e. The minimum Gasteiger partial charge on any atom is -0.457 e. The summed E-state index contributed by atoms with van der Waals surface area (Å²) in [4.78, 5) is 20.7. The van der Waals surface area contributed by atoms with Crippen LogP contribution in [0.1, 0.15) is 22.3 Å². The van der Waals surface area contributed by atoms with Gasteiger partial charge in [0.05, 0.1) is 9.85 Å². The molecule has 0 unspecified atom stereocenters. The van der Waals surface area contributed by atoms with E-state index in [1.54, 1.807) is 24.3 Å². The van der Waals surface area contributed by atoms with Crippen LogP contribution >= 0.6 is 0 Å². The van der Waals surface area contributed by atoms with E-state index in [-0.39, 0.29) is 11.4 Å². The topological polar surface area (TPSA) is 129 Å². The van der Waals surface area contributed by atoms with Gasteiger partial charge in [-0.2, -0.15) is 0 Å². The molecule has 0 saturated heterocycles. The van der Waals surface area contributed by atoms with E-state index in [4.69, 9.17) is 9.47 Å².